The lowest BCUT2D eigenvalue weighted by atomic mass is 9.98. The lowest BCUT2D eigenvalue weighted by Crippen LogP contribution is -2.58. The van der Waals surface area contributed by atoms with Crippen molar-refractivity contribution in [1.82, 2.24) is 4.90 Å². The maximum Gasteiger partial charge on any atom is 0.257 e. The summed E-state index contributed by atoms with van der Waals surface area (Å²) < 4.78 is 12.2. The number of methoxy groups -OCH3 is 1. The number of hydrogen-bond acceptors (Lipinski definition) is 3. The van der Waals surface area contributed by atoms with Gasteiger partial charge in [-0.05, 0) is 45.9 Å². The van der Waals surface area contributed by atoms with Crippen molar-refractivity contribution >= 4 is 21.8 Å². The van der Waals surface area contributed by atoms with E-state index in [2.05, 4.69) is 15.9 Å². The minimum atomic E-state index is -0.361. The van der Waals surface area contributed by atoms with E-state index in [1.807, 2.05) is 44.7 Å². The van der Waals surface area contributed by atoms with Gasteiger partial charge in [0, 0.05) is 17.6 Å². The maximum atomic E-state index is 12.8. The van der Waals surface area contributed by atoms with Crippen LogP contribution in [0.1, 0.15) is 38.1 Å². The average Bonchev–Trinajstić information content (AvgIpc) is 2.34. The minimum absolute atomic E-state index is 0.0243. The van der Waals surface area contributed by atoms with E-state index in [9.17, 15) is 4.79 Å². The molecule has 116 valence electrons. The number of halogens is 1. The Kier molecular flexibility index (Phi) is 4.36. The molecule has 1 fully saturated rings. The Balaban J connectivity index is 2.31. The van der Waals surface area contributed by atoms with Crippen molar-refractivity contribution in [3.63, 3.8) is 0 Å². The highest BCUT2D eigenvalue weighted by Crippen LogP contribution is 2.31. The summed E-state index contributed by atoms with van der Waals surface area (Å²) in [6.45, 7) is 9.16. The van der Waals surface area contributed by atoms with Crippen molar-refractivity contribution < 1.29 is 14.3 Å². The van der Waals surface area contributed by atoms with Crippen LogP contribution in [0.15, 0.2) is 22.7 Å². The first-order valence-corrected chi connectivity index (χ1v) is 7.76. The number of rotatable bonds is 2. The summed E-state index contributed by atoms with van der Waals surface area (Å²) in [5, 5.41) is 0. The summed E-state index contributed by atoms with van der Waals surface area (Å²) in [7, 11) is 1.58. The highest BCUT2D eigenvalue weighted by molar-refractivity contribution is 9.10. The van der Waals surface area contributed by atoms with Gasteiger partial charge in [0.1, 0.15) is 5.75 Å². The molecule has 0 atom stereocenters. The Bertz CT molecular complexity index is 538. The molecule has 21 heavy (non-hydrogen) atoms. The molecule has 1 heterocycles. The van der Waals surface area contributed by atoms with Gasteiger partial charge in [0.2, 0.25) is 0 Å². The Labute approximate surface area is 134 Å². The Morgan fingerprint density at radius 1 is 1.24 bits per heavy atom. The van der Waals surface area contributed by atoms with Crippen molar-refractivity contribution in [2.75, 3.05) is 20.2 Å². The molecule has 5 heteroatoms. The van der Waals surface area contributed by atoms with Crippen LogP contribution in [0.3, 0.4) is 0 Å². The summed E-state index contributed by atoms with van der Waals surface area (Å²) in [4.78, 5) is 14.7. The van der Waals surface area contributed by atoms with Crippen LogP contribution in [0.4, 0.5) is 0 Å². The van der Waals surface area contributed by atoms with Crippen LogP contribution in [0.2, 0.25) is 0 Å². The minimum Gasteiger partial charge on any atom is -0.496 e. The highest BCUT2D eigenvalue weighted by atomic mass is 79.9. The number of hydrogen-bond donors (Lipinski definition) is 0. The van der Waals surface area contributed by atoms with E-state index < -0.39 is 0 Å². The largest absolute Gasteiger partial charge is 0.496 e. The van der Waals surface area contributed by atoms with E-state index >= 15 is 0 Å². The quantitative estimate of drug-likeness (QED) is 0.814. The van der Waals surface area contributed by atoms with E-state index in [0.717, 1.165) is 4.47 Å². The fraction of sp³-hybridized carbons (Fsp3) is 0.562. The van der Waals surface area contributed by atoms with Crippen LogP contribution in [-0.2, 0) is 4.74 Å². The molecule has 1 aromatic carbocycles. The second-order valence-electron chi connectivity index (χ2n) is 6.63. The van der Waals surface area contributed by atoms with E-state index in [-0.39, 0.29) is 17.1 Å². The molecule has 0 saturated carbocycles. The first-order valence-electron chi connectivity index (χ1n) is 6.96. The summed E-state index contributed by atoms with van der Waals surface area (Å²) in [5.41, 5.74) is -0.144. The molecule has 0 aromatic heterocycles. The van der Waals surface area contributed by atoms with E-state index in [1.54, 1.807) is 13.2 Å². The van der Waals surface area contributed by atoms with Crippen molar-refractivity contribution in [1.29, 1.82) is 0 Å². The number of carbonyl (C=O) groups excluding carboxylic acids is 1. The Morgan fingerprint density at radius 3 is 2.33 bits per heavy atom. The molecule has 0 radical (unpaired) electrons. The topological polar surface area (TPSA) is 38.8 Å². The molecule has 2 rings (SSSR count). The SMILES string of the molecule is COc1cc(Br)ccc1C(=O)N1CC(C)(C)OC(C)(C)C1. The lowest BCUT2D eigenvalue weighted by molar-refractivity contribution is -0.171. The highest BCUT2D eigenvalue weighted by Gasteiger charge is 2.40. The third kappa shape index (κ3) is 3.77. The number of ether oxygens (including phenoxy) is 2. The molecule has 1 aromatic rings. The van der Waals surface area contributed by atoms with Gasteiger partial charge in [-0.2, -0.15) is 0 Å². The number of amides is 1. The molecule has 1 aliphatic heterocycles. The zero-order valence-corrected chi connectivity index (χ0v) is 14.8. The van der Waals surface area contributed by atoms with Gasteiger partial charge in [0.15, 0.2) is 0 Å². The lowest BCUT2D eigenvalue weighted by Gasteiger charge is -2.47. The molecule has 1 aliphatic rings. The molecule has 1 saturated heterocycles. The van der Waals surface area contributed by atoms with Gasteiger partial charge in [0.25, 0.3) is 5.91 Å². The van der Waals surface area contributed by atoms with Gasteiger partial charge in [0.05, 0.1) is 23.9 Å². The third-order valence-corrected chi connectivity index (χ3v) is 3.87. The molecular weight excluding hydrogens is 334 g/mol. The Hall–Kier alpha value is -1.07. The summed E-state index contributed by atoms with van der Waals surface area (Å²) in [5.74, 6) is 0.556. The van der Waals surface area contributed by atoms with Crippen LogP contribution < -0.4 is 4.74 Å². The van der Waals surface area contributed by atoms with Gasteiger partial charge < -0.3 is 14.4 Å². The van der Waals surface area contributed by atoms with Gasteiger partial charge in [-0.1, -0.05) is 15.9 Å². The Morgan fingerprint density at radius 2 is 1.81 bits per heavy atom. The molecule has 1 amide bonds. The molecule has 4 nitrogen and oxygen atoms in total. The number of morpholine rings is 1. The van der Waals surface area contributed by atoms with Crippen LogP contribution in [0.5, 0.6) is 5.75 Å². The van der Waals surface area contributed by atoms with Gasteiger partial charge in [-0.25, -0.2) is 0 Å². The second-order valence-corrected chi connectivity index (χ2v) is 7.54. The standard InChI is InChI=1S/C16H22BrNO3/c1-15(2)9-18(10-16(3,4)21-15)14(19)12-7-6-11(17)8-13(12)20-5/h6-8H,9-10H2,1-5H3. The zero-order chi connectivity index (χ0) is 15.8. The molecule has 0 N–H and O–H groups in total. The monoisotopic (exact) mass is 355 g/mol. The molecular formula is C16H22BrNO3. The van der Waals surface area contributed by atoms with Crippen LogP contribution in [-0.4, -0.2) is 42.2 Å². The van der Waals surface area contributed by atoms with Crippen molar-refractivity contribution in [2.45, 2.75) is 38.9 Å². The summed E-state index contributed by atoms with van der Waals surface area (Å²) >= 11 is 3.39. The summed E-state index contributed by atoms with van der Waals surface area (Å²) in [6.07, 6.45) is 0. The molecule has 0 bridgehead atoms. The first kappa shape index (κ1) is 16.3. The number of carbonyl (C=O) groups is 1. The molecule has 0 aliphatic carbocycles. The maximum absolute atomic E-state index is 12.8. The van der Waals surface area contributed by atoms with Gasteiger partial charge in [-0.3, -0.25) is 4.79 Å². The molecule has 0 unspecified atom stereocenters. The predicted octanol–water partition coefficient (Wildman–Crippen LogP) is 3.49. The van der Waals surface area contributed by atoms with Crippen molar-refractivity contribution in [3.8, 4) is 5.75 Å². The fourth-order valence-corrected chi connectivity index (χ4v) is 3.28. The normalized spacial score (nSPS) is 20.2. The zero-order valence-electron chi connectivity index (χ0n) is 13.2. The number of nitrogens with zero attached hydrogens (tertiary/aromatic N) is 1. The van der Waals surface area contributed by atoms with Gasteiger partial charge in [-0.15, -0.1) is 0 Å². The summed E-state index contributed by atoms with van der Waals surface area (Å²) in [6, 6.07) is 5.46. The second kappa shape index (κ2) is 5.61. The van der Waals surface area contributed by atoms with Crippen LogP contribution in [0.25, 0.3) is 0 Å². The van der Waals surface area contributed by atoms with Crippen molar-refractivity contribution in [3.05, 3.63) is 28.2 Å². The smallest absolute Gasteiger partial charge is 0.257 e. The first-order chi connectivity index (χ1) is 9.63. The van der Waals surface area contributed by atoms with E-state index in [4.69, 9.17) is 9.47 Å². The van der Waals surface area contributed by atoms with Crippen LogP contribution >= 0.6 is 15.9 Å². The van der Waals surface area contributed by atoms with Crippen LogP contribution in [0, 0.1) is 0 Å². The average molecular weight is 356 g/mol. The van der Waals surface area contributed by atoms with Crippen molar-refractivity contribution in [2.24, 2.45) is 0 Å². The molecule has 0 spiro atoms. The van der Waals surface area contributed by atoms with E-state index in [1.165, 1.54) is 0 Å². The van der Waals surface area contributed by atoms with Gasteiger partial charge >= 0.3 is 0 Å². The van der Waals surface area contributed by atoms with E-state index in [0.29, 0.717) is 24.4 Å². The fourth-order valence-electron chi connectivity index (χ4n) is 2.94. The third-order valence-electron chi connectivity index (χ3n) is 3.38. The predicted molar refractivity (Wildman–Crippen MR) is 85.8 cm³/mol. The number of benzene rings is 1.